The molecule has 2 fully saturated rings. The minimum atomic E-state index is -3.12. The Kier molecular flexibility index (Phi) is 4.88. The van der Waals surface area contributed by atoms with E-state index in [9.17, 15) is 23.1 Å². The van der Waals surface area contributed by atoms with Gasteiger partial charge in [-0.05, 0) is 25.5 Å². The number of thioether (sulfide) groups is 1. The van der Waals surface area contributed by atoms with Gasteiger partial charge in [0, 0.05) is 23.3 Å². The van der Waals surface area contributed by atoms with Gasteiger partial charge in [0.1, 0.15) is 0 Å². The lowest BCUT2D eigenvalue weighted by Gasteiger charge is -2.24. The minimum Gasteiger partial charge on any atom is -0.550 e. The van der Waals surface area contributed by atoms with Gasteiger partial charge in [0.25, 0.3) is 0 Å². The first kappa shape index (κ1) is 17.9. The molecule has 0 aromatic heterocycles. The summed E-state index contributed by atoms with van der Waals surface area (Å²) in [5.41, 5.74) is 1.84. The van der Waals surface area contributed by atoms with Crippen LogP contribution < -0.4 is 10.0 Å². The lowest BCUT2D eigenvalue weighted by molar-refractivity contribution is -0.305. The molecule has 134 valence electrons. The van der Waals surface area contributed by atoms with Gasteiger partial charge in [-0.15, -0.1) is 0 Å². The highest BCUT2D eigenvalue weighted by atomic mass is 32.2. The topological polar surface area (TPSA) is 107 Å². The number of anilines is 1. The van der Waals surface area contributed by atoms with Crippen molar-refractivity contribution in [2.24, 2.45) is 4.99 Å². The van der Waals surface area contributed by atoms with E-state index in [4.69, 9.17) is 0 Å². The highest BCUT2D eigenvalue weighted by Crippen LogP contribution is 2.41. The second kappa shape index (κ2) is 6.80. The fourth-order valence-corrected chi connectivity index (χ4v) is 6.87. The van der Waals surface area contributed by atoms with Gasteiger partial charge in [-0.3, -0.25) is 4.79 Å². The van der Waals surface area contributed by atoms with E-state index >= 15 is 0 Å². The van der Waals surface area contributed by atoms with Crippen molar-refractivity contribution in [2.45, 2.75) is 31.1 Å². The summed E-state index contributed by atoms with van der Waals surface area (Å²) in [6, 6.07) is 7.28. The molecule has 0 unspecified atom stereocenters. The predicted molar refractivity (Wildman–Crippen MR) is 94.2 cm³/mol. The number of aliphatic imine (C=N–C) groups is 1. The molecular formula is C16H17N2O5S2-. The summed E-state index contributed by atoms with van der Waals surface area (Å²) in [6.07, 6.45) is -0.617. The number of carboxylic acids is 1. The number of rotatable bonds is 4. The zero-order chi connectivity index (χ0) is 18.2. The Labute approximate surface area is 150 Å². The number of aliphatic carboxylic acids is 1. The summed E-state index contributed by atoms with van der Waals surface area (Å²) in [5.74, 6) is -1.78. The lowest BCUT2D eigenvalue weighted by Crippen LogP contribution is -2.37. The Bertz CT molecular complexity index is 833. The highest BCUT2D eigenvalue weighted by Gasteiger charge is 2.49. The Morgan fingerprint density at radius 1 is 1.24 bits per heavy atom. The number of sulfone groups is 1. The second-order valence-corrected chi connectivity index (χ2v) is 9.53. The van der Waals surface area contributed by atoms with Crippen LogP contribution in [0.4, 0.5) is 5.69 Å². The Morgan fingerprint density at radius 3 is 2.56 bits per heavy atom. The molecule has 2 aliphatic rings. The number of benzene rings is 1. The molecule has 0 aliphatic carbocycles. The Morgan fingerprint density at radius 2 is 1.92 bits per heavy atom. The zero-order valence-corrected chi connectivity index (χ0v) is 15.2. The molecule has 1 aromatic rings. The van der Waals surface area contributed by atoms with Crippen molar-refractivity contribution in [1.82, 2.24) is 0 Å². The fraction of sp³-hybridized carbons (Fsp3) is 0.438. The molecule has 0 bridgehead atoms. The number of hydrogen-bond donors (Lipinski definition) is 0. The van der Waals surface area contributed by atoms with Crippen molar-refractivity contribution in [2.75, 3.05) is 16.4 Å². The molecular weight excluding hydrogens is 364 g/mol. The van der Waals surface area contributed by atoms with Crippen LogP contribution in [0.1, 0.15) is 18.4 Å². The van der Waals surface area contributed by atoms with Crippen LogP contribution in [-0.4, -0.2) is 48.3 Å². The van der Waals surface area contributed by atoms with Crippen LogP contribution in [-0.2, 0) is 19.4 Å². The second-order valence-electron chi connectivity index (χ2n) is 6.17. The molecule has 2 atom stereocenters. The molecule has 0 saturated carbocycles. The van der Waals surface area contributed by atoms with Gasteiger partial charge in [-0.2, -0.15) is 4.99 Å². The molecule has 1 amide bonds. The monoisotopic (exact) mass is 381 g/mol. The van der Waals surface area contributed by atoms with E-state index < -0.39 is 21.7 Å². The molecule has 0 spiro atoms. The molecule has 9 heteroatoms. The van der Waals surface area contributed by atoms with Crippen molar-refractivity contribution < 1.29 is 23.1 Å². The van der Waals surface area contributed by atoms with Gasteiger partial charge in [0.15, 0.2) is 15.0 Å². The maximum atomic E-state index is 12.0. The average molecular weight is 381 g/mol. The molecule has 7 nitrogen and oxygen atoms in total. The summed E-state index contributed by atoms with van der Waals surface area (Å²) in [6.45, 7) is 1.95. The number of hydrogen-bond acceptors (Lipinski definition) is 6. The van der Waals surface area contributed by atoms with Gasteiger partial charge in [-0.1, -0.05) is 29.5 Å². The number of carbonyl (C=O) groups is 2. The standard InChI is InChI=1S/C16H18N2O5S2/c1-10-2-4-11(5-3-10)18-12-8-25(22,23)9-13(12)24-16(18)17-14(19)6-7-15(20)21/h2-5,12-13H,6-9H2,1H3,(H,20,21)/p-1/t12-,13+/m1/s1. The third-order valence-corrected chi connectivity index (χ3v) is 7.35. The third kappa shape index (κ3) is 4.04. The van der Waals surface area contributed by atoms with Gasteiger partial charge < -0.3 is 14.8 Å². The van der Waals surface area contributed by atoms with E-state index in [-0.39, 0.29) is 35.6 Å². The van der Waals surface area contributed by atoms with Crippen LogP contribution in [0.15, 0.2) is 29.3 Å². The quantitative estimate of drug-likeness (QED) is 0.729. The van der Waals surface area contributed by atoms with Crippen LogP contribution in [0.5, 0.6) is 0 Å². The van der Waals surface area contributed by atoms with E-state index in [1.807, 2.05) is 31.2 Å². The van der Waals surface area contributed by atoms with Crippen LogP contribution >= 0.6 is 11.8 Å². The Hall–Kier alpha value is -1.87. The van der Waals surface area contributed by atoms with Gasteiger partial charge >= 0.3 is 0 Å². The summed E-state index contributed by atoms with van der Waals surface area (Å²) in [7, 11) is -3.12. The number of aryl methyl sites for hydroxylation is 1. The first-order valence-corrected chi connectivity index (χ1v) is 10.5. The van der Waals surface area contributed by atoms with Crippen molar-refractivity contribution >= 4 is 44.3 Å². The normalized spacial score (nSPS) is 26.0. The lowest BCUT2D eigenvalue weighted by atomic mass is 10.1. The predicted octanol–water partition coefficient (Wildman–Crippen LogP) is 0.127. The minimum absolute atomic E-state index is 0.0187. The number of fused-ring (bicyclic) bond motifs is 1. The van der Waals surface area contributed by atoms with Crippen molar-refractivity contribution in [3.8, 4) is 0 Å². The van der Waals surface area contributed by atoms with E-state index in [0.29, 0.717) is 5.17 Å². The van der Waals surface area contributed by atoms with Crippen molar-refractivity contribution in [3.63, 3.8) is 0 Å². The van der Waals surface area contributed by atoms with Crippen molar-refractivity contribution in [1.29, 1.82) is 0 Å². The summed E-state index contributed by atoms with van der Waals surface area (Å²) >= 11 is 1.27. The van der Waals surface area contributed by atoms with Gasteiger partial charge in [0.05, 0.1) is 17.5 Å². The van der Waals surface area contributed by atoms with Crippen LogP contribution in [0.25, 0.3) is 0 Å². The molecule has 2 heterocycles. The van der Waals surface area contributed by atoms with Gasteiger partial charge in [0.2, 0.25) is 5.91 Å². The van der Waals surface area contributed by atoms with E-state index in [2.05, 4.69) is 4.99 Å². The number of carboxylic acid groups (broad SMARTS) is 1. The number of amidine groups is 1. The smallest absolute Gasteiger partial charge is 0.248 e. The van der Waals surface area contributed by atoms with Gasteiger partial charge in [-0.25, -0.2) is 8.42 Å². The first-order valence-electron chi connectivity index (χ1n) is 7.79. The molecule has 2 saturated heterocycles. The van der Waals surface area contributed by atoms with Crippen molar-refractivity contribution in [3.05, 3.63) is 29.8 Å². The number of carbonyl (C=O) groups excluding carboxylic acids is 2. The first-order chi connectivity index (χ1) is 11.7. The van der Waals surface area contributed by atoms with E-state index in [0.717, 1.165) is 11.3 Å². The molecule has 2 aliphatic heterocycles. The van der Waals surface area contributed by atoms with Crippen LogP contribution in [0, 0.1) is 6.92 Å². The molecule has 0 N–H and O–H groups in total. The van der Waals surface area contributed by atoms with Crippen LogP contribution in [0.3, 0.4) is 0 Å². The maximum absolute atomic E-state index is 12.0. The summed E-state index contributed by atoms with van der Waals surface area (Å²) < 4.78 is 23.9. The molecule has 3 rings (SSSR count). The van der Waals surface area contributed by atoms with E-state index in [1.54, 1.807) is 4.90 Å². The largest absolute Gasteiger partial charge is 0.550 e. The molecule has 0 radical (unpaired) electrons. The summed E-state index contributed by atoms with van der Waals surface area (Å²) in [5, 5.41) is 10.7. The third-order valence-electron chi connectivity index (χ3n) is 4.14. The SMILES string of the molecule is Cc1ccc(N2C(=NC(=O)CCC(=O)[O-])S[C@H]3CS(=O)(=O)C[C@H]32)cc1. The molecule has 1 aromatic carbocycles. The number of nitrogens with zero attached hydrogens (tertiary/aromatic N) is 2. The molecule has 25 heavy (non-hydrogen) atoms. The zero-order valence-electron chi connectivity index (χ0n) is 13.5. The highest BCUT2D eigenvalue weighted by molar-refractivity contribution is 8.16. The van der Waals surface area contributed by atoms with E-state index in [1.165, 1.54) is 11.8 Å². The fourth-order valence-electron chi connectivity index (χ4n) is 2.94. The summed E-state index contributed by atoms with van der Waals surface area (Å²) in [4.78, 5) is 28.3. The maximum Gasteiger partial charge on any atom is 0.248 e. The average Bonchev–Trinajstić information content (AvgIpc) is 2.97. The number of amides is 1. The Balaban J connectivity index is 1.90. The van der Waals surface area contributed by atoms with Crippen LogP contribution in [0.2, 0.25) is 0 Å².